The molecular formula is C23H32N4O. The van der Waals surface area contributed by atoms with Crippen LogP contribution < -0.4 is 5.32 Å². The molecule has 1 aliphatic carbocycles. The zero-order valence-corrected chi connectivity index (χ0v) is 17.4. The van der Waals surface area contributed by atoms with Gasteiger partial charge in [0.2, 0.25) is 5.91 Å². The number of hydrogen-bond acceptors (Lipinski definition) is 3. The number of nitrogens with one attached hydrogen (secondary N) is 1. The number of nitrogens with zero attached hydrogens (tertiary/aromatic N) is 3. The molecule has 1 unspecified atom stereocenters. The summed E-state index contributed by atoms with van der Waals surface area (Å²) in [5, 5.41) is 8.01. The molecule has 5 heteroatoms. The van der Waals surface area contributed by atoms with Gasteiger partial charge in [-0.05, 0) is 63.2 Å². The summed E-state index contributed by atoms with van der Waals surface area (Å²) in [4.78, 5) is 15.0. The molecule has 1 fully saturated rings. The van der Waals surface area contributed by atoms with Gasteiger partial charge in [-0.2, -0.15) is 5.10 Å². The maximum absolute atomic E-state index is 12.7. The summed E-state index contributed by atoms with van der Waals surface area (Å²) in [6.45, 7) is 9.26. The van der Waals surface area contributed by atoms with Gasteiger partial charge >= 0.3 is 0 Å². The molecule has 2 aliphatic rings. The van der Waals surface area contributed by atoms with Gasteiger partial charge in [0, 0.05) is 5.56 Å². The van der Waals surface area contributed by atoms with Crippen LogP contribution in [0, 0.1) is 12.3 Å². The maximum atomic E-state index is 12.7. The summed E-state index contributed by atoms with van der Waals surface area (Å²) in [7, 11) is 0. The fraction of sp³-hybridized carbons (Fsp3) is 0.565. The first-order chi connectivity index (χ1) is 13.4. The number of amides is 1. The van der Waals surface area contributed by atoms with Crippen LogP contribution in [0.3, 0.4) is 0 Å². The van der Waals surface area contributed by atoms with Crippen LogP contribution in [-0.2, 0) is 11.2 Å². The van der Waals surface area contributed by atoms with Crippen LogP contribution in [0.15, 0.2) is 30.5 Å². The van der Waals surface area contributed by atoms with Crippen molar-refractivity contribution >= 4 is 5.91 Å². The monoisotopic (exact) mass is 380 g/mol. The van der Waals surface area contributed by atoms with Gasteiger partial charge in [0.15, 0.2) is 0 Å². The minimum atomic E-state index is 0.0373. The average Bonchev–Trinajstić information content (AvgIpc) is 3.06. The Morgan fingerprint density at radius 2 is 1.89 bits per heavy atom. The fourth-order valence-corrected chi connectivity index (χ4v) is 4.64. The molecule has 4 rings (SSSR count). The van der Waals surface area contributed by atoms with E-state index in [4.69, 9.17) is 5.10 Å². The summed E-state index contributed by atoms with van der Waals surface area (Å²) < 4.78 is 2.06. The molecule has 1 aliphatic heterocycles. The van der Waals surface area contributed by atoms with Gasteiger partial charge in [0.25, 0.3) is 0 Å². The van der Waals surface area contributed by atoms with Gasteiger partial charge < -0.3 is 5.32 Å². The van der Waals surface area contributed by atoms with E-state index < -0.39 is 0 Å². The molecule has 0 bridgehead atoms. The Morgan fingerprint density at radius 3 is 2.61 bits per heavy atom. The second-order valence-corrected chi connectivity index (χ2v) is 9.30. The third kappa shape index (κ3) is 4.14. The molecule has 1 N–H and O–H groups in total. The summed E-state index contributed by atoms with van der Waals surface area (Å²) in [5.74, 6) is 0.138. The highest BCUT2D eigenvalue weighted by Crippen LogP contribution is 2.41. The van der Waals surface area contributed by atoms with Crippen molar-refractivity contribution in [1.29, 1.82) is 0 Å². The summed E-state index contributed by atoms with van der Waals surface area (Å²) in [6, 6.07) is 8.52. The van der Waals surface area contributed by atoms with Gasteiger partial charge in [0.1, 0.15) is 0 Å². The summed E-state index contributed by atoms with van der Waals surface area (Å²) in [5.41, 5.74) is 4.85. The van der Waals surface area contributed by atoms with Crippen molar-refractivity contribution in [3.63, 3.8) is 0 Å². The zero-order valence-electron chi connectivity index (χ0n) is 17.4. The van der Waals surface area contributed by atoms with E-state index in [-0.39, 0.29) is 17.4 Å². The second kappa shape index (κ2) is 7.70. The minimum absolute atomic E-state index is 0.0373. The van der Waals surface area contributed by atoms with E-state index in [0.29, 0.717) is 6.54 Å². The first-order valence-corrected chi connectivity index (χ1v) is 10.6. The highest BCUT2D eigenvalue weighted by molar-refractivity contribution is 5.78. The Labute approximate surface area is 168 Å². The van der Waals surface area contributed by atoms with E-state index in [2.05, 4.69) is 59.9 Å². The van der Waals surface area contributed by atoms with Crippen LogP contribution in [0.1, 0.15) is 62.4 Å². The molecule has 0 radical (unpaired) electrons. The van der Waals surface area contributed by atoms with Crippen LogP contribution in [0.2, 0.25) is 0 Å². The van der Waals surface area contributed by atoms with Gasteiger partial charge in [-0.25, -0.2) is 4.68 Å². The topological polar surface area (TPSA) is 50.2 Å². The lowest BCUT2D eigenvalue weighted by atomic mass is 9.74. The lowest BCUT2D eigenvalue weighted by molar-refractivity contribution is -0.123. The highest BCUT2D eigenvalue weighted by Gasteiger charge is 2.36. The van der Waals surface area contributed by atoms with E-state index >= 15 is 0 Å². The number of carbonyl (C=O) groups excluding carboxylic acids is 1. The van der Waals surface area contributed by atoms with Crippen LogP contribution >= 0.6 is 0 Å². The van der Waals surface area contributed by atoms with Crippen molar-refractivity contribution in [3.8, 4) is 5.69 Å². The molecule has 2 heterocycles. The average molecular weight is 381 g/mol. The summed E-state index contributed by atoms with van der Waals surface area (Å²) in [6.07, 6.45) is 7.57. The van der Waals surface area contributed by atoms with Gasteiger partial charge in [-0.15, -0.1) is 0 Å². The van der Waals surface area contributed by atoms with Crippen molar-refractivity contribution in [2.75, 3.05) is 19.6 Å². The van der Waals surface area contributed by atoms with E-state index in [0.717, 1.165) is 31.6 Å². The molecule has 0 saturated carbocycles. The molecule has 1 saturated heterocycles. The largest absolute Gasteiger partial charge is 0.348 e. The number of piperidine rings is 1. The maximum Gasteiger partial charge on any atom is 0.234 e. The van der Waals surface area contributed by atoms with Crippen LogP contribution in [0.5, 0.6) is 0 Å². The Hall–Kier alpha value is -2.14. The minimum Gasteiger partial charge on any atom is -0.348 e. The molecule has 5 nitrogen and oxygen atoms in total. The normalized spacial score (nSPS) is 21.9. The number of rotatable bonds is 4. The molecule has 1 aromatic heterocycles. The quantitative estimate of drug-likeness (QED) is 0.878. The third-order valence-corrected chi connectivity index (χ3v) is 6.11. The van der Waals surface area contributed by atoms with Gasteiger partial charge in [0.05, 0.1) is 30.2 Å². The Morgan fingerprint density at radius 1 is 1.18 bits per heavy atom. The smallest absolute Gasteiger partial charge is 0.234 e. The molecule has 0 spiro atoms. The number of aryl methyl sites for hydroxylation is 1. The molecular weight excluding hydrogens is 348 g/mol. The molecule has 150 valence electrons. The van der Waals surface area contributed by atoms with Crippen molar-refractivity contribution < 1.29 is 4.79 Å². The number of likely N-dealkylation sites (tertiary alicyclic amines) is 1. The van der Waals surface area contributed by atoms with Gasteiger partial charge in [-0.1, -0.05) is 38.0 Å². The lowest BCUT2D eigenvalue weighted by Crippen LogP contribution is -2.43. The lowest BCUT2D eigenvalue weighted by Gasteiger charge is -2.36. The SMILES string of the molecule is Cc1ccc(-n2ncc3c2CC(C)(C)CC3NC(=O)CN2CCCCC2)cc1. The molecule has 2 aromatic rings. The Balaban J connectivity index is 1.55. The van der Waals surface area contributed by atoms with Crippen molar-refractivity contribution in [3.05, 3.63) is 47.3 Å². The van der Waals surface area contributed by atoms with E-state index in [1.807, 2.05) is 6.20 Å². The highest BCUT2D eigenvalue weighted by atomic mass is 16.2. The van der Waals surface area contributed by atoms with E-state index in [1.165, 1.54) is 36.1 Å². The standard InChI is InChI=1S/C23H32N4O/c1-17-7-9-18(10-8-17)27-21-14-23(2,3)13-20(19(21)15-24-27)25-22(28)16-26-11-5-4-6-12-26/h7-10,15,20H,4-6,11-14,16H2,1-3H3,(H,25,28). The van der Waals surface area contributed by atoms with Crippen LogP contribution in [0.4, 0.5) is 0 Å². The first-order valence-electron chi connectivity index (χ1n) is 10.6. The van der Waals surface area contributed by atoms with Crippen molar-refractivity contribution in [2.45, 2.75) is 58.9 Å². The molecule has 1 atom stereocenters. The number of benzene rings is 1. The molecule has 28 heavy (non-hydrogen) atoms. The number of hydrogen-bond donors (Lipinski definition) is 1. The third-order valence-electron chi connectivity index (χ3n) is 6.11. The summed E-state index contributed by atoms with van der Waals surface area (Å²) >= 11 is 0. The predicted octanol–water partition coefficient (Wildman–Crippen LogP) is 3.80. The first kappa shape index (κ1) is 19.2. The van der Waals surface area contributed by atoms with Crippen molar-refractivity contribution in [2.24, 2.45) is 5.41 Å². The van der Waals surface area contributed by atoms with E-state index in [1.54, 1.807) is 0 Å². The molecule has 1 amide bonds. The van der Waals surface area contributed by atoms with E-state index in [9.17, 15) is 4.79 Å². The van der Waals surface area contributed by atoms with Gasteiger partial charge in [-0.3, -0.25) is 9.69 Å². The number of carbonyl (C=O) groups is 1. The Kier molecular flexibility index (Phi) is 5.28. The Bertz CT molecular complexity index is 831. The fourth-order valence-electron chi connectivity index (χ4n) is 4.64. The second-order valence-electron chi connectivity index (χ2n) is 9.30. The zero-order chi connectivity index (χ0) is 19.7. The van der Waals surface area contributed by atoms with Crippen LogP contribution in [-0.4, -0.2) is 40.2 Å². The number of aromatic nitrogens is 2. The van der Waals surface area contributed by atoms with Crippen LogP contribution in [0.25, 0.3) is 5.69 Å². The number of fused-ring (bicyclic) bond motifs is 1. The molecule has 1 aromatic carbocycles. The predicted molar refractivity (Wildman–Crippen MR) is 112 cm³/mol. The van der Waals surface area contributed by atoms with Crippen molar-refractivity contribution in [1.82, 2.24) is 20.0 Å².